The second-order valence-electron chi connectivity index (χ2n) is 11.6. The normalized spacial score (nSPS) is 15.7. The van der Waals surface area contributed by atoms with Crippen LogP contribution in [0.15, 0.2) is 158 Å². The van der Waals surface area contributed by atoms with Crippen LogP contribution in [0.3, 0.4) is 0 Å². The fraction of sp³-hybridized carbons (Fsp3) is 0.0465. The molecular weight excluding hydrogens is 765 g/mol. The van der Waals surface area contributed by atoms with Crippen LogP contribution in [0.25, 0.3) is 33.2 Å². The van der Waals surface area contributed by atoms with Crippen molar-refractivity contribution in [3.8, 4) is 22.4 Å². The van der Waals surface area contributed by atoms with Crippen molar-refractivity contribution in [2.75, 3.05) is 11.9 Å². The molecule has 235 valence electrons. The van der Waals surface area contributed by atoms with E-state index in [1.54, 1.807) is 0 Å². The summed E-state index contributed by atoms with van der Waals surface area (Å²) >= 11 is 0. The van der Waals surface area contributed by atoms with Crippen LogP contribution >= 0.6 is 0 Å². The van der Waals surface area contributed by atoms with E-state index in [0.717, 1.165) is 44.7 Å². The number of hydrogen-bond donors (Lipinski definition) is 0. The smallest absolute Gasteiger partial charge is 0.0814 e. The zero-order valence-corrected chi connectivity index (χ0v) is 28.6. The van der Waals surface area contributed by atoms with Gasteiger partial charge in [-0.1, -0.05) is 60.2 Å². The number of benzene rings is 5. The van der Waals surface area contributed by atoms with Crippen molar-refractivity contribution in [2.45, 2.75) is 5.41 Å². The summed E-state index contributed by atoms with van der Waals surface area (Å²) in [5.41, 5.74) is 8.83. The minimum absolute atomic E-state index is 0. The minimum Gasteiger partial charge on any atom is -0.510 e. The average Bonchev–Trinajstić information content (AvgIpc) is 3.72. The Morgan fingerprint density at radius 1 is 0.667 bits per heavy atom. The van der Waals surface area contributed by atoms with Gasteiger partial charge in [0.2, 0.25) is 0 Å². The van der Waals surface area contributed by atoms with Crippen molar-refractivity contribution in [2.24, 2.45) is 0 Å². The molecular formula is C43H30IrN4-4. The SMILES string of the molecule is CN1C=CN(c2[c-]cccc2)[CH-]1.[Ir].[c-]1ccccc1-c1nc([C@]2(c3ccccn3)c3[c-]cccc3-c3ccccc32)cc2ccccc12. The Hall–Kier alpha value is -5.35. The van der Waals surface area contributed by atoms with Gasteiger partial charge in [-0.3, -0.25) is 9.97 Å². The molecule has 1 atom stereocenters. The van der Waals surface area contributed by atoms with Crippen molar-refractivity contribution >= 4 is 16.5 Å². The molecule has 1 radical (unpaired) electrons. The number of hydrogen-bond acceptors (Lipinski definition) is 4. The summed E-state index contributed by atoms with van der Waals surface area (Å²) in [7, 11) is 2.00. The van der Waals surface area contributed by atoms with E-state index in [-0.39, 0.29) is 20.1 Å². The third-order valence-electron chi connectivity index (χ3n) is 8.73. The Balaban J connectivity index is 0.000000237. The Morgan fingerprint density at radius 3 is 2.19 bits per heavy atom. The predicted octanol–water partition coefficient (Wildman–Crippen LogP) is 9.09. The van der Waals surface area contributed by atoms with Gasteiger partial charge in [0.25, 0.3) is 0 Å². The zero-order valence-electron chi connectivity index (χ0n) is 26.2. The van der Waals surface area contributed by atoms with E-state index < -0.39 is 5.41 Å². The standard InChI is InChI=1S/C33H20N2.C10H10N2.Ir/c1-2-12-23(13-3-1)32-25-15-5-4-14-24(25)22-31(35-32)33(30-20-10-11-21-34-30)28-18-8-6-16-26(28)27-17-7-9-19-29(27)33;1-11-7-8-12(9-11)10-5-3-2-4-6-10;/h1-12,14-18,20-22H;2-5,7-9H,1H3;/q2*-2;/t33-;;/m0../s1. The summed E-state index contributed by atoms with van der Waals surface area (Å²) in [6.45, 7) is 2.01. The van der Waals surface area contributed by atoms with Crippen LogP contribution in [-0.2, 0) is 25.5 Å². The molecule has 9 rings (SSSR count). The largest absolute Gasteiger partial charge is 0.510 e. The van der Waals surface area contributed by atoms with Crippen LogP contribution in [0.5, 0.6) is 0 Å². The molecule has 0 amide bonds. The monoisotopic (exact) mass is 795 g/mol. The second kappa shape index (κ2) is 13.4. The summed E-state index contributed by atoms with van der Waals surface area (Å²) in [6.07, 6.45) is 5.88. The van der Waals surface area contributed by atoms with Gasteiger partial charge in [0.1, 0.15) is 0 Å². The fourth-order valence-electron chi connectivity index (χ4n) is 6.67. The van der Waals surface area contributed by atoms with Gasteiger partial charge in [-0.15, -0.1) is 52.7 Å². The Kier molecular flexibility index (Phi) is 8.73. The molecule has 0 saturated carbocycles. The van der Waals surface area contributed by atoms with Gasteiger partial charge in [0, 0.05) is 32.0 Å². The van der Waals surface area contributed by atoms with E-state index in [4.69, 9.17) is 9.97 Å². The molecule has 48 heavy (non-hydrogen) atoms. The quantitative estimate of drug-likeness (QED) is 0.167. The predicted molar refractivity (Wildman–Crippen MR) is 189 cm³/mol. The van der Waals surface area contributed by atoms with E-state index in [1.165, 1.54) is 16.7 Å². The summed E-state index contributed by atoms with van der Waals surface area (Å²) in [6, 6.07) is 57.8. The second-order valence-corrected chi connectivity index (χ2v) is 11.6. The molecule has 0 N–H and O–H groups in total. The van der Waals surface area contributed by atoms with E-state index in [2.05, 4.69) is 103 Å². The van der Waals surface area contributed by atoms with Crippen LogP contribution in [-0.4, -0.2) is 21.9 Å². The molecule has 7 aromatic rings. The Morgan fingerprint density at radius 2 is 1.42 bits per heavy atom. The molecule has 3 heterocycles. The molecule has 4 nitrogen and oxygen atoms in total. The summed E-state index contributed by atoms with van der Waals surface area (Å²) in [5.74, 6) is 0. The number of rotatable bonds is 4. The molecule has 5 aromatic carbocycles. The van der Waals surface area contributed by atoms with Crippen molar-refractivity contribution in [3.63, 3.8) is 0 Å². The first-order valence-corrected chi connectivity index (χ1v) is 15.6. The van der Waals surface area contributed by atoms with Gasteiger partial charge < -0.3 is 9.80 Å². The maximum Gasteiger partial charge on any atom is 0.0814 e. The number of nitrogens with zero attached hydrogens (tertiary/aromatic N) is 4. The molecule has 2 aliphatic rings. The van der Waals surface area contributed by atoms with E-state index >= 15 is 0 Å². The Labute approximate surface area is 295 Å². The molecule has 1 aliphatic heterocycles. The topological polar surface area (TPSA) is 32.3 Å². The average molecular weight is 795 g/mol. The minimum atomic E-state index is -0.679. The van der Waals surface area contributed by atoms with Crippen molar-refractivity contribution < 1.29 is 20.1 Å². The van der Waals surface area contributed by atoms with E-state index in [0.29, 0.717) is 0 Å². The van der Waals surface area contributed by atoms with Crippen LogP contribution in [0.4, 0.5) is 5.69 Å². The van der Waals surface area contributed by atoms with Gasteiger partial charge in [0.05, 0.1) is 11.1 Å². The Bertz CT molecular complexity index is 2150. The first-order valence-electron chi connectivity index (χ1n) is 15.6. The summed E-state index contributed by atoms with van der Waals surface area (Å²) in [5, 5.41) is 2.25. The third kappa shape index (κ3) is 5.41. The molecule has 0 bridgehead atoms. The van der Waals surface area contributed by atoms with Crippen LogP contribution in [0, 0.1) is 24.9 Å². The fourth-order valence-corrected chi connectivity index (χ4v) is 6.67. The van der Waals surface area contributed by atoms with Crippen molar-refractivity contribution in [1.82, 2.24) is 14.9 Å². The number of pyridine rings is 2. The zero-order chi connectivity index (χ0) is 31.6. The van der Waals surface area contributed by atoms with Gasteiger partial charge in [-0.25, -0.2) is 0 Å². The molecule has 0 saturated heterocycles. The molecule has 2 aromatic heterocycles. The van der Waals surface area contributed by atoms with Gasteiger partial charge >= 0.3 is 0 Å². The summed E-state index contributed by atoms with van der Waals surface area (Å²) < 4.78 is 0. The molecule has 5 heteroatoms. The number of aromatic nitrogens is 2. The maximum atomic E-state index is 5.41. The number of fused-ring (bicyclic) bond motifs is 4. The van der Waals surface area contributed by atoms with Crippen LogP contribution < -0.4 is 4.90 Å². The van der Waals surface area contributed by atoms with Gasteiger partial charge in [-0.2, -0.15) is 61.3 Å². The summed E-state index contributed by atoms with van der Waals surface area (Å²) in [4.78, 5) is 14.4. The van der Waals surface area contributed by atoms with Gasteiger partial charge in [0.15, 0.2) is 0 Å². The van der Waals surface area contributed by atoms with Crippen molar-refractivity contribution in [1.29, 1.82) is 0 Å². The first kappa shape index (κ1) is 31.3. The van der Waals surface area contributed by atoms with Crippen LogP contribution in [0.1, 0.15) is 22.5 Å². The molecule has 0 unspecified atom stereocenters. The third-order valence-corrected chi connectivity index (χ3v) is 8.73. The van der Waals surface area contributed by atoms with E-state index in [1.807, 2.05) is 96.7 Å². The van der Waals surface area contributed by atoms with Gasteiger partial charge in [-0.05, 0) is 59.7 Å². The van der Waals surface area contributed by atoms with Crippen LogP contribution in [0.2, 0.25) is 0 Å². The van der Waals surface area contributed by atoms with Crippen molar-refractivity contribution in [3.05, 3.63) is 206 Å². The number of anilines is 1. The van der Waals surface area contributed by atoms with E-state index in [9.17, 15) is 0 Å². The first-order chi connectivity index (χ1) is 23.2. The molecule has 0 fully saturated rings. The molecule has 0 spiro atoms. The maximum absolute atomic E-state index is 5.41. The molecule has 1 aliphatic carbocycles. The number of para-hydroxylation sites is 1.